The van der Waals surface area contributed by atoms with Crippen molar-refractivity contribution in [3.8, 4) is 0 Å². The summed E-state index contributed by atoms with van der Waals surface area (Å²) in [6.07, 6.45) is 8.46. The highest BCUT2D eigenvalue weighted by molar-refractivity contribution is 4.97. The fourth-order valence-electron chi connectivity index (χ4n) is 4.41. The Bertz CT molecular complexity index is 261. The minimum Gasteiger partial charge on any atom is -0.313 e. The molecule has 0 saturated carbocycles. The average Bonchev–Trinajstić information content (AvgIpc) is 2.93. The maximum absolute atomic E-state index is 3.66. The molecule has 3 unspecified atom stereocenters. The minimum absolute atomic E-state index is 0.766. The zero-order chi connectivity index (χ0) is 12.5. The van der Waals surface area contributed by atoms with Gasteiger partial charge in [0.15, 0.2) is 0 Å². The maximum atomic E-state index is 3.66. The largest absolute Gasteiger partial charge is 0.313 e. The van der Waals surface area contributed by atoms with Gasteiger partial charge in [-0.1, -0.05) is 6.92 Å². The van der Waals surface area contributed by atoms with E-state index in [-0.39, 0.29) is 0 Å². The Balaban J connectivity index is 1.58. The van der Waals surface area contributed by atoms with Crippen molar-refractivity contribution in [1.82, 2.24) is 15.1 Å². The van der Waals surface area contributed by atoms with Crippen LogP contribution in [0.2, 0.25) is 0 Å². The monoisotopic (exact) mass is 251 g/mol. The van der Waals surface area contributed by atoms with E-state index in [9.17, 15) is 0 Å². The normalized spacial score (nSPS) is 40.8. The van der Waals surface area contributed by atoms with Gasteiger partial charge in [-0.2, -0.15) is 0 Å². The molecule has 0 aliphatic carbocycles. The molecule has 3 heteroatoms. The number of nitrogens with zero attached hydrogens (tertiary/aromatic N) is 2. The first-order valence-electron chi connectivity index (χ1n) is 7.97. The standard InChI is InChI=1S/C15H29N3/c1-3-18(11-12-5-4-8-16-12)15-9-13-6-7-14(10-15)17(13)2/h12-16H,3-11H2,1-2H3. The van der Waals surface area contributed by atoms with Crippen molar-refractivity contribution in [3.05, 3.63) is 0 Å². The molecule has 0 aromatic carbocycles. The summed E-state index contributed by atoms with van der Waals surface area (Å²) < 4.78 is 0. The van der Waals surface area contributed by atoms with Crippen molar-refractivity contribution in [2.75, 3.05) is 26.7 Å². The first kappa shape index (κ1) is 12.9. The number of likely N-dealkylation sites (N-methyl/N-ethyl adjacent to an activating group) is 1. The van der Waals surface area contributed by atoms with Gasteiger partial charge >= 0.3 is 0 Å². The Labute approximate surface area is 112 Å². The van der Waals surface area contributed by atoms with Crippen LogP contribution in [0, 0.1) is 0 Å². The molecule has 104 valence electrons. The Morgan fingerprint density at radius 2 is 1.89 bits per heavy atom. The maximum Gasteiger partial charge on any atom is 0.0195 e. The third-order valence-electron chi connectivity index (χ3n) is 5.61. The molecule has 3 rings (SSSR count). The molecule has 3 nitrogen and oxygen atoms in total. The molecule has 3 aliphatic heterocycles. The lowest BCUT2D eigenvalue weighted by molar-refractivity contribution is 0.0737. The second-order valence-electron chi connectivity index (χ2n) is 6.56. The predicted molar refractivity (Wildman–Crippen MR) is 75.9 cm³/mol. The van der Waals surface area contributed by atoms with Gasteiger partial charge in [0.25, 0.3) is 0 Å². The van der Waals surface area contributed by atoms with Crippen LogP contribution in [0.25, 0.3) is 0 Å². The zero-order valence-corrected chi connectivity index (χ0v) is 12.1. The molecule has 0 aromatic heterocycles. The number of fused-ring (bicyclic) bond motifs is 2. The van der Waals surface area contributed by atoms with E-state index in [1.54, 1.807) is 0 Å². The van der Waals surface area contributed by atoms with Gasteiger partial charge in [-0.15, -0.1) is 0 Å². The summed E-state index contributed by atoms with van der Waals surface area (Å²) in [5.41, 5.74) is 0. The lowest BCUT2D eigenvalue weighted by Crippen LogP contribution is -2.51. The summed E-state index contributed by atoms with van der Waals surface area (Å²) in [6, 6.07) is 3.37. The minimum atomic E-state index is 0.766. The highest BCUT2D eigenvalue weighted by Crippen LogP contribution is 2.36. The Hall–Kier alpha value is -0.120. The molecule has 0 spiro atoms. The molecule has 3 atom stereocenters. The predicted octanol–water partition coefficient (Wildman–Crippen LogP) is 1.69. The van der Waals surface area contributed by atoms with Crippen molar-refractivity contribution in [1.29, 1.82) is 0 Å². The van der Waals surface area contributed by atoms with Crippen LogP contribution in [0.3, 0.4) is 0 Å². The molecule has 0 radical (unpaired) electrons. The molecular weight excluding hydrogens is 222 g/mol. The van der Waals surface area contributed by atoms with E-state index in [0.29, 0.717) is 0 Å². The van der Waals surface area contributed by atoms with Crippen LogP contribution < -0.4 is 5.32 Å². The number of nitrogens with one attached hydrogen (secondary N) is 1. The van der Waals surface area contributed by atoms with Crippen molar-refractivity contribution in [2.24, 2.45) is 0 Å². The third-order valence-corrected chi connectivity index (χ3v) is 5.61. The summed E-state index contributed by atoms with van der Waals surface area (Å²) in [5.74, 6) is 0. The number of piperidine rings is 1. The molecule has 1 N–H and O–H groups in total. The molecule has 3 fully saturated rings. The van der Waals surface area contributed by atoms with Crippen molar-refractivity contribution < 1.29 is 0 Å². The molecule has 3 aliphatic rings. The van der Waals surface area contributed by atoms with Gasteiger partial charge in [0.2, 0.25) is 0 Å². The van der Waals surface area contributed by atoms with Gasteiger partial charge in [-0.25, -0.2) is 0 Å². The van der Waals surface area contributed by atoms with Gasteiger partial charge in [-0.3, -0.25) is 4.90 Å². The van der Waals surface area contributed by atoms with E-state index in [1.807, 2.05) is 0 Å². The van der Waals surface area contributed by atoms with Crippen molar-refractivity contribution in [3.63, 3.8) is 0 Å². The molecular formula is C15H29N3. The van der Waals surface area contributed by atoms with Crippen LogP contribution >= 0.6 is 0 Å². The van der Waals surface area contributed by atoms with E-state index in [0.717, 1.165) is 24.2 Å². The first-order chi connectivity index (χ1) is 8.78. The van der Waals surface area contributed by atoms with Crippen LogP contribution in [0.15, 0.2) is 0 Å². The van der Waals surface area contributed by atoms with Gasteiger partial charge in [-0.05, 0) is 58.7 Å². The van der Waals surface area contributed by atoms with E-state index in [1.165, 1.54) is 58.2 Å². The summed E-state index contributed by atoms with van der Waals surface area (Å²) in [4.78, 5) is 5.42. The van der Waals surface area contributed by atoms with Crippen LogP contribution in [-0.4, -0.2) is 60.6 Å². The molecule has 0 aromatic rings. The van der Waals surface area contributed by atoms with Crippen LogP contribution in [0.1, 0.15) is 45.4 Å². The van der Waals surface area contributed by atoms with Gasteiger partial charge in [0, 0.05) is 30.7 Å². The summed E-state index contributed by atoms with van der Waals surface area (Å²) in [7, 11) is 2.34. The fourth-order valence-corrected chi connectivity index (χ4v) is 4.41. The molecule has 3 heterocycles. The summed E-state index contributed by atoms with van der Waals surface area (Å²) in [5, 5.41) is 3.66. The summed E-state index contributed by atoms with van der Waals surface area (Å²) in [6.45, 7) is 6.09. The number of hydrogen-bond donors (Lipinski definition) is 1. The molecule has 0 amide bonds. The lowest BCUT2D eigenvalue weighted by atomic mass is 9.96. The van der Waals surface area contributed by atoms with Crippen LogP contribution in [0.4, 0.5) is 0 Å². The quantitative estimate of drug-likeness (QED) is 0.820. The average molecular weight is 251 g/mol. The SMILES string of the molecule is CCN(CC1CCCN1)C1CC2CCC(C1)N2C. The number of hydrogen-bond acceptors (Lipinski definition) is 3. The topological polar surface area (TPSA) is 18.5 Å². The first-order valence-corrected chi connectivity index (χ1v) is 7.97. The van der Waals surface area contributed by atoms with E-state index >= 15 is 0 Å². The zero-order valence-electron chi connectivity index (χ0n) is 12.1. The second-order valence-corrected chi connectivity index (χ2v) is 6.56. The van der Waals surface area contributed by atoms with Gasteiger partial charge < -0.3 is 10.2 Å². The van der Waals surface area contributed by atoms with Crippen molar-refractivity contribution in [2.45, 2.75) is 69.6 Å². The smallest absolute Gasteiger partial charge is 0.0195 e. The Morgan fingerprint density at radius 3 is 2.44 bits per heavy atom. The van der Waals surface area contributed by atoms with Crippen molar-refractivity contribution >= 4 is 0 Å². The Morgan fingerprint density at radius 1 is 1.17 bits per heavy atom. The summed E-state index contributed by atoms with van der Waals surface area (Å²) >= 11 is 0. The molecule has 2 bridgehead atoms. The third kappa shape index (κ3) is 2.45. The number of rotatable bonds is 4. The Kier molecular flexibility index (Phi) is 3.92. The second kappa shape index (κ2) is 5.48. The van der Waals surface area contributed by atoms with Crippen LogP contribution in [0.5, 0.6) is 0 Å². The molecule has 18 heavy (non-hydrogen) atoms. The highest BCUT2D eigenvalue weighted by atomic mass is 15.2. The van der Waals surface area contributed by atoms with Gasteiger partial charge in [0.1, 0.15) is 0 Å². The lowest BCUT2D eigenvalue weighted by Gasteiger charge is -2.42. The van der Waals surface area contributed by atoms with E-state index in [4.69, 9.17) is 0 Å². The van der Waals surface area contributed by atoms with E-state index < -0.39 is 0 Å². The molecule has 3 saturated heterocycles. The van der Waals surface area contributed by atoms with Crippen LogP contribution in [-0.2, 0) is 0 Å². The van der Waals surface area contributed by atoms with Gasteiger partial charge in [0.05, 0.1) is 0 Å². The highest BCUT2D eigenvalue weighted by Gasteiger charge is 2.40. The fraction of sp³-hybridized carbons (Fsp3) is 1.00. The van der Waals surface area contributed by atoms with E-state index in [2.05, 4.69) is 29.1 Å².